The van der Waals surface area contributed by atoms with Crippen molar-refractivity contribution in [3.63, 3.8) is 0 Å². The predicted octanol–water partition coefficient (Wildman–Crippen LogP) is 2.55. The second-order valence-corrected chi connectivity index (χ2v) is 8.24. The Morgan fingerprint density at radius 3 is 2.82 bits per heavy atom. The lowest BCUT2D eigenvalue weighted by atomic mass is 10.2. The predicted molar refractivity (Wildman–Crippen MR) is 132 cm³/mol. The lowest BCUT2D eigenvalue weighted by Crippen LogP contribution is -2.41. The van der Waals surface area contributed by atoms with Crippen LogP contribution in [0.2, 0.25) is 0 Å². The number of nitrogens with two attached hydrogens (primary N) is 1. The van der Waals surface area contributed by atoms with Gasteiger partial charge in [0.15, 0.2) is 5.65 Å². The van der Waals surface area contributed by atoms with Crippen LogP contribution >= 0.6 is 0 Å². The fraction of sp³-hybridized carbons (Fsp3) is 0.167. The molecule has 10 nitrogen and oxygen atoms in total. The molecule has 10 heteroatoms. The van der Waals surface area contributed by atoms with Gasteiger partial charge in [-0.25, -0.2) is 4.98 Å². The van der Waals surface area contributed by atoms with Crippen molar-refractivity contribution in [2.24, 2.45) is 0 Å². The third-order valence-electron chi connectivity index (χ3n) is 5.97. The number of para-hydroxylation sites is 3. The fourth-order valence-corrected chi connectivity index (χ4v) is 4.33. The first kappa shape index (κ1) is 20.0. The molecule has 0 radical (unpaired) electrons. The van der Waals surface area contributed by atoms with E-state index >= 15 is 0 Å². The standard InChI is InChI=1S/C24H22N8O2/c1-31(13-15-11-26-17-9-5-6-10-18(17)34-15)24-27-12-16-20-19(21(25)30-29-20)23(33)32(22(16)28-24)14-7-3-2-4-8-14/h2-10,12,15,26H,11,13H2,1H3,(H3,25,29,30)/t15-/m1/s1. The van der Waals surface area contributed by atoms with Crippen molar-refractivity contribution in [1.82, 2.24) is 24.7 Å². The summed E-state index contributed by atoms with van der Waals surface area (Å²) in [4.78, 5) is 24.7. The molecule has 34 heavy (non-hydrogen) atoms. The van der Waals surface area contributed by atoms with E-state index in [4.69, 9.17) is 15.5 Å². The van der Waals surface area contributed by atoms with Gasteiger partial charge in [-0.2, -0.15) is 10.1 Å². The maximum absolute atomic E-state index is 13.5. The van der Waals surface area contributed by atoms with E-state index in [1.54, 1.807) is 10.8 Å². The normalized spacial score (nSPS) is 15.0. The highest BCUT2D eigenvalue weighted by molar-refractivity contribution is 6.05. The molecular weight excluding hydrogens is 432 g/mol. The van der Waals surface area contributed by atoms with E-state index in [9.17, 15) is 4.79 Å². The summed E-state index contributed by atoms with van der Waals surface area (Å²) in [5, 5.41) is 11.3. The van der Waals surface area contributed by atoms with Crippen molar-refractivity contribution in [2.45, 2.75) is 6.10 Å². The van der Waals surface area contributed by atoms with Crippen LogP contribution in [0.25, 0.3) is 27.6 Å². The van der Waals surface area contributed by atoms with E-state index < -0.39 is 0 Å². The highest BCUT2D eigenvalue weighted by Gasteiger charge is 2.23. The average molecular weight is 454 g/mol. The molecule has 0 fully saturated rings. The third-order valence-corrected chi connectivity index (χ3v) is 5.97. The molecule has 0 saturated carbocycles. The largest absolute Gasteiger partial charge is 0.485 e. The SMILES string of the molecule is CN(C[C@H]1CNc2ccccc2O1)c1ncc2c3n[nH]c(N)c3c(=O)n(-c3ccccc3)c2n1. The Balaban J connectivity index is 1.42. The zero-order chi connectivity index (χ0) is 23.2. The summed E-state index contributed by atoms with van der Waals surface area (Å²) < 4.78 is 7.69. The molecule has 2 aromatic carbocycles. The summed E-state index contributed by atoms with van der Waals surface area (Å²) in [6, 6.07) is 17.2. The number of aromatic nitrogens is 5. The van der Waals surface area contributed by atoms with Crippen LogP contribution in [-0.4, -0.2) is 51.0 Å². The number of nitrogens with zero attached hydrogens (tertiary/aromatic N) is 5. The van der Waals surface area contributed by atoms with Crippen LogP contribution in [0.5, 0.6) is 5.75 Å². The van der Waals surface area contributed by atoms with Crippen molar-refractivity contribution in [1.29, 1.82) is 0 Å². The van der Waals surface area contributed by atoms with Crippen LogP contribution in [0.1, 0.15) is 0 Å². The number of ether oxygens (including phenoxy) is 1. The van der Waals surface area contributed by atoms with E-state index in [1.165, 1.54) is 0 Å². The monoisotopic (exact) mass is 454 g/mol. The number of anilines is 3. The van der Waals surface area contributed by atoms with Gasteiger partial charge in [0.25, 0.3) is 5.56 Å². The molecule has 0 unspecified atom stereocenters. The molecule has 0 amide bonds. The minimum absolute atomic E-state index is 0.0934. The highest BCUT2D eigenvalue weighted by atomic mass is 16.5. The number of aromatic amines is 1. The van der Waals surface area contributed by atoms with Gasteiger partial charge in [-0.15, -0.1) is 0 Å². The fourth-order valence-electron chi connectivity index (χ4n) is 4.33. The molecule has 0 spiro atoms. The summed E-state index contributed by atoms with van der Waals surface area (Å²) in [6.07, 6.45) is 1.59. The number of pyridine rings is 1. The molecule has 1 aliphatic rings. The number of nitrogen functional groups attached to an aromatic ring is 1. The summed E-state index contributed by atoms with van der Waals surface area (Å²) >= 11 is 0. The van der Waals surface area contributed by atoms with Crippen molar-refractivity contribution in [2.75, 3.05) is 36.1 Å². The van der Waals surface area contributed by atoms with Crippen molar-refractivity contribution in [3.05, 3.63) is 71.1 Å². The molecule has 0 bridgehead atoms. The number of likely N-dealkylation sites (N-methyl/N-ethyl adjacent to an activating group) is 1. The molecule has 170 valence electrons. The molecule has 1 atom stereocenters. The summed E-state index contributed by atoms with van der Waals surface area (Å²) in [5.74, 6) is 1.51. The summed E-state index contributed by atoms with van der Waals surface area (Å²) in [7, 11) is 1.90. The molecule has 5 aromatic rings. The highest BCUT2D eigenvalue weighted by Crippen LogP contribution is 2.29. The second kappa shape index (κ2) is 7.77. The minimum Gasteiger partial charge on any atom is -0.485 e. The Hall–Kier alpha value is -4.60. The lowest BCUT2D eigenvalue weighted by Gasteiger charge is -2.30. The molecule has 1 aliphatic heterocycles. The summed E-state index contributed by atoms with van der Waals surface area (Å²) in [6.45, 7) is 1.22. The van der Waals surface area contributed by atoms with Gasteiger partial charge in [0.05, 0.1) is 29.9 Å². The zero-order valence-corrected chi connectivity index (χ0v) is 18.4. The van der Waals surface area contributed by atoms with Crippen LogP contribution in [0.15, 0.2) is 65.6 Å². The van der Waals surface area contributed by atoms with Crippen LogP contribution in [0.4, 0.5) is 17.5 Å². The molecule has 0 saturated heterocycles. The van der Waals surface area contributed by atoms with Crippen molar-refractivity contribution in [3.8, 4) is 11.4 Å². The number of hydrogen-bond acceptors (Lipinski definition) is 8. The maximum Gasteiger partial charge on any atom is 0.270 e. The Morgan fingerprint density at radius 1 is 1.18 bits per heavy atom. The Labute approximate surface area is 194 Å². The Kier molecular flexibility index (Phi) is 4.58. The lowest BCUT2D eigenvalue weighted by molar-refractivity contribution is 0.212. The van der Waals surface area contributed by atoms with E-state index in [0.29, 0.717) is 46.7 Å². The van der Waals surface area contributed by atoms with Gasteiger partial charge in [-0.05, 0) is 24.3 Å². The van der Waals surface area contributed by atoms with Gasteiger partial charge >= 0.3 is 0 Å². The van der Waals surface area contributed by atoms with E-state index in [2.05, 4.69) is 20.5 Å². The van der Waals surface area contributed by atoms with Gasteiger partial charge < -0.3 is 20.7 Å². The number of nitrogens with one attached hydrogen (secondary N) is 2. The number of H-pyrrole nitrogens is 1. The van der Waals surface area contributed by atoms with Crippen LogP contribution in [0, 0.1) is 0 Å². The summed E-state index contributed by atoms with van der Waals surface area (Å²) in [5.41, 5.74) is 8.32. The zero-order valence-electron chi connectivity index (χ0n) is 18.4. The van der Waals surface area contributed by atoms with Crippen molar-refractivity contribution >= 4 is 39.4 Å². The van der Waals surface area contributed by atoms with E-state index in [1.807, 2.05) is 66.5 Å². The van der Waals surface area contributed by atoms with Crippen LogP contribution in [-0.2, 0) is 0 Å². The van der Waals surface area contributed by atoms with E-state index in [0.717, 1.165) is 11.4 Å². The number of fused-ring (bicyclic) bond motifs is 4. The number of rotatable bonds is 4. The Morgan fingerprint density at radius 2 is 1.97 bits per heavy atom. The molecule has 4 heterocycles. The van der Waals surface area contributed by atoms with E-state index in [-0.39, 0.29) is 17.5 Å². The first-order valence-corrected chi connectivity index (χ1v) is 10.9. The van der Waals surface area contributed by atoms with Gasteiger partial charge in [0.1, 0.15) is 28.6 Å². The van der Waals surface area contributed by atoms with Crippen LogP contribution < -0.4 is 26.2 Å². The molecule has 3 aromatic heterocycles. The van der Waals surface area contributed by atoms with Crippen molar-refractivity contribution < 1.29 is 4.74 Å². The van der Waals surface area contributed by atoms with Gasteiger partial charge in [0.2, 0.25) is 5.95 Å². The minimum atomic E-state index is -0.288. The van der Waals surface area contributed by atoms with Crippen LogP contribution in [0.3, 0.4) is 0 Å². The molecular formula is C24H22N8O2. The van der Waals surface area contributed by atoms with Gasteiger partial charge in [-0.3, -0.25) is 14.5 Å². The topological polar surface area (TPSA) is 127 Å². The quantitative estimate of drug-likeness (QED) is 0.378. The number of benzene rings is 2. The number of hydrogen-bond donors (Lipinski definition) is 3. The third kappa shape index (κ3) is 3.19. The first-order valence-electron chi connectivity index (χ1n) is 10.9. The maximum atomic E-state index is 13.5. The second-order valence-electron chi connectivity index (χ2n) is 8.24. The molecule has 0 aliphatic carbocycles. The van der Waals surface area contributed by atoms with Gasteiger partial charge in [0, 0.05) is 13.2 Å². The average Bonchev–Trinajstić information content (AvgIpc) is 3.26. The van der Waals surface area contributed by atoms with Gasteiger partial charge in [-0.1, -0.05) is 30.3 Å². The molecule has 6 rings (SSSR count). The Bertz CT molecular complexity index is 1580. The first-order chi connectivity index (χ1) is 16.6. The smallest absolute Gasteiger partial charge is 0.270 e. The molecule has 4 N–H and O–H groups in total.